The van der Waals surface area contributed by atoms with Crippen LogP contribution in [-0.2, 0) is 4.74 Å². The van der Waals surface area contributed by atoms with E-state index >= 15 is 0 Å². The minimum atomic E-state index is 0.182. The Bertz CT molecular complexity index is 896. The van der Waals surface area contributed by atoms with Gasteiger partial charge in [0.25, 0.3) is 0 Å². The van der Waals surface area contributed by atoms with Crippen LogP contribution in [0.25, 0.3) is 5.52 Å². The van der Waals surface area contributed by atoms with Crippen molar-refractivity contribution < 1.29 is 4.74 Å². The maximum atomic E-state index is 9.33. The first-order valence-electron chi connectivity index (χ1n) is 10.4. The maximum Gasteiger partial charge on any atom is 0.142 e. The highest BCUT2D eigenvalue weighted by molar-refractivity contribution is 5.74. The Morgan fingerprint density at radius 3 is 3.07 bits per heavy atom. The summed E-state index contributed by atoms with van der Waals surface area (Å²) in [5.41, 5.74) is 3.18. The predicted molar refractivity (Wildman–Crippen MR) is 107 cm³/mol. The lowest BCUT2D eigenvalue weighted by atomic mass is 9.87. The summed E-state index contributed by atoms with van der Waals surface area (Å²) < 4.78 is 8.05. The number of fused-ring (bicyclic) bond motifs is 1. The number of rotatable bonds is 3. The standard InChI is InChI=1S/C21H28N6O/c1-16-11-26(19-3-2-17(10-22)27-20(19)4-7-24-27)13-18(28-16)12-25-9-6-21(15-25)5-8-23-14-21/h2-4,7,16,18,23H,5-6,8-9,11-15H2,1H3/t16-,18+,21?/m1/s1. The molecule has 0 saturated carbocycles. The molecule has 2 aromatic heterocycles. The number of nitrogens with one attached hydrogen (secondary N) is 1. The van der Waals surface area contributed by atoms with Crippen molar-refractivity contribution in [2.45, 2.75) is 32.0 Å². The molecule has 1 unspecified atom stereocenters. The van der Waals surface area contributed by atoms with E-state index in [1.807, 2.05) is 12.1 Å². The summed E-state index contributed by atoms with van der Waals surface area (Å²) in [5.74, 6) is 0. The van der Waals surface area contributed by atoms with Gasteiger partial charge in [0.15, 0.2) is 0 Å². The number of hydrogen-bond acceptors (Lipinski definition) is 6. The van der Waals surface area contributed by atoms with Crippen molar-refractivity contribution in [2.75, 3.05) is 50.7 Å². The van der Waals surface area contributed by atoms with Gasteiger partial charge in [-0.3, -0.25) is 0 Å². The molecule has 3 saturated heterocycles. The van der Waals surface area contributed by atoms with Crippen LogP contribution in [0.2, 0.25) is 0 Å². The molecule has 3 fully saturated rings. The molecular formula is C21H28N6O. The third kappa shape index (κ3) is 3.16. The van der Waals surface area contributed by atoms with Gasteiger partial charge in [-0.25, -0.2) is 4.52 Å². The Morgan fingerprint density at radius 1 is 1.32 bits per heavy atom. The molecule has 0 aliphatic carbocycles. The molecule has 28 heavy (non-hydrogen) atoms. The van der Waals surface area contributed by atoms with Crippen LogP contribution in [0.4, 0.5) is 5.69 Å². The summed E-state index contributed by atoms with van der Waals surface area (Å²) in [6, 6.07) is 8.13. The number of nitriles is 1. The van der Waals surface area contributed by atoms with Gasteiger partial charge < -0.3 is 19.9 Å². The van der Waals surface area contributed by atoms with Gasteiger partial charge in [-0.1, -0.05) is 0 Å². The number of ether oxygens (including phenoxy) is 1. The number of aromatic nitrogens is 2. The largest absolute Gasteiger partial charge is 0.370 e. The summed E-state index contributed by atoms with van der Waals surface area (Å²) in [6.45, 7) is 9.59. The second-order valence-electron chi connectivity index (χ2n) is 8.73. The zero-order valence-corrected chi connectivity index (χ0v) is 16.5. The van der Waals surface area contributed by atoms with Crippen molar-refractivity contribution in [3.8, 4) is 6.07 Å². The molecule has 0 amide bonds. The highest BCUT2D eigenvalue weighted by Crippen LogP contribution is 2.36. The molecule has 1 N–H and O–H groups in total. The average molecular weight is 380 g/mol. The van der Waals surface area contributed by atoms with Crippen molar-refractivity contribution in [1.29, 1.82) is 5.26 Å². The third-order valence-corrected chi connectivity index (χ3v) is 6.63. The Morgan fingerprint density at radius 2 is 2.25 bits per heavy atom. The van der Waals surface area contributed by atoms with Crippen molar-refractivity contribution in [3.05, 3.63) is 30.1 Å². The molecule has 3 aliphatic heterocycles. The van der Waals surface area contributed by atoms with Gasteiger partial charge in [0, 0.05) is 32.7 Å². The van der Waals surface area contributed by atoms with Crippen LogP contribution < -0.4 is 10.2 Å². The molecule has 0 aromatic carbocycles. The van der Waals surface area contributed by atoms with Gasteiger partial charge in [-0.15, -0.1) is 0 Å². The molecule has 1 spiro atoms. The molecule has 148 valence electrons. The quantitative estimate of drug-likeness (QED) is 0.870. The summed E-state index contributed by atoms with van der Waals surface area (Å²) >= 11 is 0. The van der Waals surface area contributed by atoms with E-state index in [1.54, 1.807) is 10.7 Å². The Hall–Kier alpha value is -2.14. The molecule has 5 rings (SSSR count). The van der Waals surface area contributed by atoms with E-state index in [1.165, 1.54) is 39.0 Å². The molecule has 7 nitrogen and oxygen atoms in total. The zero-order valence-electron chi connectivity index (χ0n) is 16.5. The number of pyridine rings is 1. The lowest BCUT2D eigenvalue weighted by molar-refractivity contribution is -0.0304. The average Bonchev–Trinajstić information content (AvgIpc) is 3.43. The highest BCUT2D eigenvalue weighted by Gasteiger charge is 2.41. The number of likely N-dealkylation sites (tertiary alicyclic amines) is 1. The van der Waals surface area contributed by atoms with Crippen molar-refractivity contribution >= 4 is 11.2 Å². The molecule has 5 heterocycles. The van der Waals surface area contributed by atoms with Crippen molar-refractivity contribution in [2.24, 2.45) is 5.41 Å². The predicted octanol–water partition coefficient (Wildman–Crippen LogP) is 1.49. The highest BCUT2D eigenvalue weighted by atomic mass is 16.5. The van der Waals surface area contributed by atoms with E-state index in [0.29, 0.717) is 11.1 Å². The van der Waals surface area contributed by atoms with Gasteiger partial charge in [-0.05, 0) is 56.5 Å². The van der Waals surface area contributed by atoms with Crippen molar-refractivity contribution in [3.63, 3.8) is 0 Å². The van der Waals surface area contributed by atoms with E-state index in [9.17, 15) is 5.26 Å². The Balaban J connectivity index is 1.32. The monoisotopic (exact) mass is 380 g/mol. The second-order valence-corrected chi connectivity index (χ2v) is 8.73. The van der Waals surface area contributed by atoms with Crippen LogP contribution in [0.15, 0.2) is 24.4 Å². The Kier molecular flexibility index (Phi) is 4.50. The zero-order chi connectivity index (χ0) is 19.1. The maximum absolute atomic E-state index is 9.33. The Labute approximate surface area is 165 Å². The van der Waals surface area contributed by atoms with E-state index in [4.69, 9.17) is 4.74 Å². The van der Waals surface area contributed by atoms with E-state index in [2.05, 4.69) is 39.3 Å². The molecule has 3 atom stereocenters. The fourth-order valence-corrected chi connectivity index (χ4v) is 5.31. The number of nitrogens with zero attached hydrogens (tertiary/aromatic N) is 5. The smallest absolute Gasteiger partial charge is 0.142 e. The van der Waals surface area contributed by atoms with E-state index in [0.717, 1.165) is 30.8 Å². The molecular weight excluding hydrogens is 352 g/mol. The van der Waals surface area contributed by atoms with Crippen LogP contribution in [0.5, 0.6) is 0 Å². The minimum Gasteiger partial charge on any atom is -0.370 e. The molecule has 2 aromatic rings. The van der Waals surface area contributed by atoms with E-state index < -0.39 is 0 Å². The van der Waals surface area contributed by atoms with Crippen LogP contribution in [0, 0.1) is 16.7 Å². The van der Waals surface area contributed by atoms with E-state index in [-0.39, 0.29) is 12.2 Å². The first kappa shape index (κ1) is 17.9. The molecule has 0 bridgehead atoms. The summed E-state index contributed by atoms with van der Waals surface area (Å²) in [7, 11) is 0. The van der Waals surface area contributed by atoms with Gasteiger partial charge in [-0.2, -0.15) is 10.4 Å². The lowest BCUT2D eigenvalue weighted by Gasteiger charge is -2.40. The SMILES string of the molecule is C[C@@H]1CN(c2ccc(C#N)n3nccc23)C[C@H](CN2CCC3(CCNC3)C2)O1. The normalized spacial score (nSPS) is 31.1. The fourth-order valence-electron chi connectivity index (χ4n) is 5.31. The number of hydrogen-bond donors (Lipinski definition) is 1. The first-order chi connectivity index (χ1) is 13.7. The van der Waals surface area contributed by atoms with Crippen LogP contribution >= 0.6 is 0 Å². The molecule has 0 radical (unpaired) electrons. The first-order valence-corrected chi connectivity index (χ1v) is 10.4. The van der Waals surface area contributed by atoms with Crippen molar-refractivity contribution in [1.82, 2.24) is 19.8 Å². The van der Waals surface area contributed by atoms with Gasteiger partial charge in [0.05, 0.1) is 29.6 Å². The molecule has 3 aliphatic rings. The van der Waals surface area contributed by atoms with Crippen LogP contribution in [0.3, 0.4) is 0 Å². The fraction of sp³-hybridized carbons (Fsp3) is 0.619. The van der Waals surface area contributed by atoms with Gasteiger partial charge in [0.1, 0.15) is 11.8 Å². The van der Waals surface area contributed by atoms with Gasteiger partial charge in [0.2, 0.25) is 0 Å². The topological polar surface area (TPSA) is 68.8 Å². The lowest BCUT2D eigenvalue weighted by Crippen LogP contribution is -2.51. The molecule has 7 heteroatoms. The number of morpholine rings is 1. The summed E-state index contributed by atoms with van der Waals surface area (Å²) in [4.78, 5) is 5.00. The van der Waals surface area contributed by atoms with Crippen LogP contribution in [-0.4, -0.2) is 72.5 Å². The summed E-state index contributed by atoms with van der Waals surface area (Å²) in [5, 5.41) is 17.2. The second kappa shape index (κ2) is 7.03. The third-order valence-electron chi connectivity index (χ3n) is 6.63. The summed E-state index contributed by atoms with van der Waals surface area (Å²) in [6.07, 6.45) is 4.76. The minimum absolute atomic E-state index is 0.182. The van der Waals surface area contributed by atoms with Crippen LogP contribution in [0.1, 0.15) is 25.5 Å². The number of anilines is 1. The van der Waals surface area contributed by atoms with Gasteiger partial charge >= 0.3 is 0 Å².